The molecule has 32 heavy (non-hydrogen) atoms. The maximum absolute atomic E-state index is 13.5. The molecule has 6 heteroatoms. The van der Waals surface area contributed by atoms with Gasteiger partial charge in [-0.1, -0.05) is 72.8 Å². The molecule has 1 N–H and O–H groups in total. The zero-order valence-electron chi connectivity index (χ0n) is 17.2. The molecule has 2 aliphatic rings. The Morgan fingerprint density at radius 3 is 1.66 bits per heavy atom. The molecule has 3 aromatic rings. The van der Waals surface area contributed by atoms with Crippen molar-refractivity contribution in [1.29, 1.82) is 0 Å². The quantitative estimate of drug-likeness (QED) is 0.515. The molecular weight excluding hydrogens is 402 g/mol. The van der Waals surface area contributed by atoms with Crippen molar-refractivity contribution in [3.05, 3.63) is 114 Å². The zero-order valence-corrected chi connectivity index (χ0v) is 17.2. The Balaban J connectivity index is 1.53. The summed E-state index contributed by atoms with van der Waals surface area (Å²) in [6.45, 7) is 0. The van der Waals surface area contributed by atoms with Gasteiger partial charge in [0.2, 0.25) is 0 Å². The molecule has 0 bridgehead atoms. The standard InChI is InChI=1S/C26H21N3O3/c30-24(19-13-15-27-16-14-19)28-29-25(31)22-20(17-7-3-1-4-8-17)11-12-21(23(22)26(29)32)18-9-5-2-6-10-18/h1-16,20-23H,(H,28,30)/t20-,21+,22-,23-/m1/s1. The maximum Gasteiger partial charge on any atom is 0.270 e. The van der Waals surface area contributed by atoms with E-state index >= 15 is 0 Å². The summed E-state index contributed by atoms with van der Waals surface area (Å²) in [4.78, 5) is 43.6. The fraction of sp³-hybridized carbons (Fsp3) is 0.154. The summed E-state index contributed by atoms with van der Waals surface area (Å²) in [6, 6.07) is 22.5. The molecule has 1 aliphatic carbocycles. The van der Waals surface area contributed by atoms with Crippen LogP contribution in [0.25, 0.3) is 0 Å². The van der Waals surface area contributed by atoms with Crippen molar-refractivity contribution in [1.82, 2.24) is 15.4 Å². The average Bonchev–Trinajstić information content (AvgIpc) is 3.10. The van der Waals surface area contributed by atoms with Gasteiger partial charge >= 0.3 is 0 Å². The van der Waals surface area contributed by atoms with Crippen LogP contribution in [0.15, 0.2) is 97.3 Å². The van der Waals surface area contributed by atoms with Crippen molar-refractivity contribution in [3.63, 3.8) is 0 Å². The summed E-state index contributed by atoms with van der Waals surface area (Å²) in [5, 5.41) is 0.914. The van der Waals surface area contributed by atoms with Crippen LogP contribution in [0.1, 0.15) is 33.3 Å². The van der Waals surface area contributed by atoms with Crippen molar-refractivity contribution < 1.29 is 14.4 Å². The second kappa shape index (κ2) is 8.23. The minimum absolute atomic E-state index is 0.250. The first-order chi connectivity index (χ1) is 15.6. The molecule has 0 spiro atoms. The Morgan fingerprint density at radius 1 is 0.719 bits per heavy atom. The highest BCUT2D eigenvalue weighted by atomic mass is 16.2. The molecule has 0 radical (unpaired) electrons. The first-order valence-corrected chi connectivity index (χ1v) is 10.5. The Morgan fingerprint density at radius 2 is 1.19 bits per heavy atom. The number of benzene rings is 2. The summed E-state index contributed by atoms with van der Waals surface area (Å²) >= 11 is 0. The number of hydrazine groups is 1. The van der Waals surface area contributed by atoms with Crippen LogP contribution in [0.3, 0.4) is 0 Å². The molecule has 2 aromatic carbocycles. The minimum Gasteiger partial charge on any atom is -0.272 e. The lowest BCUT2D eigenvalue weighted by atomic mass is 9.68. The third-order valence-corrected chi connectivity index (χ3v) is 6.22. The number of amides is 3. The van der Waals surface area contributed by atoms with Gasteiger partial charge in [-0.25, -0.2) is 0 Å². The summed E-state index contributed by atoms with van der Waals surface area (Å²) in [6.07, 6.45) is 7.02. The third-order valence-electron chi connectivity index (χ3n) is 6.22. The summed E-state index contributed by atoms with van der Waals surface area (Å²) < 4.78 is 0. The van der Waals surface area contributed by atoms with E-state index in [2.05, 4.69) is 10.4 Å². The van der Waals surface area contributed by atoms with Crippen LogP contribution in [0.5, 0.6) is 0 Å². The molecular formula is C26H21N3O3. The molecule has 1 saturated heterocycles. The van der Waals surface area contributed by atoms with Crippen molar-refractivity contribution in [2.75, 3.05) is 0 Å². The third kappa shape index (κ3) is 3.39. The van der Waals surface area contributed by atoms with Crippen LogP contribution >= 0.6 is 0 Å². The summed E-state index contributed by atoms with van der Waals surface area (Å²) in [5.41, 5.74) is 4.79. The fourth-order valence-electron chi connectivity index (χ4n) is 4.71. The maximum atomic E-state index is 13.5. The molecule has 0 unspecified atom stereocenters. The van der Waals surface area contributed by atoms with Gasteiger partial charge in [0, 0.05) is 29.8 Å². The van der Waals surface area contributed by atoms with E-state index in [1.165, 1.54) is 24.5 Å². The fourth-order valence-corrected chi connectivity index (χ4v) is 4.71. The van der Waals surface area contributed by atoms with Crippen molar-refractivity contribution in [2.45, 2.75) is 11.8 Å². The number of nitrogens with one attached hydrogen (secondary N) is 1. The van der Waals surface area contributed by atoms with E-state index in [1.807, 2.05) is 72.8 Å². The number of allylic oxidation sites excluding steroid dienone is 2. The summed E-state index contributed by atoms with van der Waals surface area (Å²) in [5.74, 6) is -2.99. The van der Waals surface area contributed by atoms with Gasteiger partial charge in [-0.3, -0.25) is 24.8 Å². The van der Waals surface area contributed by atoms with Gasteiger partial charge < -0.3 is 0 Å². The largest absolute Gasteiger partial charge is 0.272 e. The topological polar surface area (TPSA) is 79.4 Å². The van der Waals surface area contributed by atoms with Gasteiger partial charge in [0.25, 0.3) is 17.7 Å². The van der Waals surface area contributed by atoms with Crippen LogP contribution in [-0.2, 0) is 9.59 Å². The number of hydrogen-bond donors (Lipinski definition) is 1. The van der Waals surface area contributed by atoms with E-state index < -0.39 is 17.7 Å². The van der Waals surface area contributed by atoms with Crippen LogP contribution in [0, 0.1) is 11.8 Å². The number of rotatable bonds is 4. The molecule has 1 fully saturated rings. The van der Waals surface area contributed by atoms with E-state index in [1.54, 1.807) is 0 Å². The monoisotopic (exact) mass is 423 g/mol. The zero-order chi connectivity index (χ0) is 22.1. The van der Waals surface area contributed by atoms with Crippen LogP contribution in [-0.4, -0.2) is 27.7 Å². The first kappa shape index (κ1) is 19.9. The van der Waals surface area contributed by atoms with Crippen LogP contribution in [0.2, 0.25) is 0 Å². The van der Waals surface area contributed by atoms with Gasteiger partial charge in [-0.05, 0) is 23.3 Å². The predicted octanol–water partition coefficient (Wildman–Crippen LogP) is 3.47. The van der Waals surface area contributed by atoms with E-state index in [9.17, 15) is 14.4 Å². The van der Waals surface area contributed by atoms with Crippen molar-refractivity contribution in [2.24, 2.45) is 11.8 Å². The van der Waals surface area contributed by atoms with E-state index in [-0.39, 0.29) is 23.7 Å². The van der Waals surface area contributed by atoms with E-state index in [0.717, 1.165) is 16.1 Å². The predicted molar refractivity (Wildman–Crippen MR) is 118 cm³/mol. The number of aromatic nitrogens is 1. The molecule has 1 aliphatic heterocycles. The number of carbonyl (C=O) groups excluding carboxylic acids is 3. The summed E-state index contributed by atoms with van der Waals surface area (Å²) in [7, 11) is 0. The highest BCUT2D eigenvalue weighted by Crippen LogP contribution is 2.48. The molecule has 2 heterocycles. The Bertz CT molecular complexity index is 1110. The van der Waals surface area contributed by atoms with Gasteiger partial charge in [0.15, 0.2) is 0 Å². The molecule has 0 saturated carbocycles. The van der Waals surface area contributed by atoms with Crippen molar-refractivity contribution >= 4 is 17.7 Å². The van der Waals surface area contributed by atoms with E-state index in [4.69, 9.17) is 0 Å². The molecule has 5 rings (SSSR count). The number of hydrogen-bond acceptors (Lipinski definition) is 4. The number of nitrogens with zero attached hydrogens (tertiary/aromatic N) is 2. The second-order valence-corrected chi connectivity index (χ2v) is 8.00. The van der Waals surface area contributed by atoms with Crippen LogP contribution in [0.4, 0.5) is 0 Å². The van der Waals surface area contributed by atoms with Gasteiger partial charge in [-0.2, -0.15) is 5.01 Å². The van der Waals surface area contributed by atoms with Crippen molar-refractivity contribution in [3.8, 4) is 0 Å². The lowest BCUT2D eigenvalue weighted by Crippen LogP contribution is -2.46. The SMILES string of the molecule is O=C(NN1C(=O)[C@H]2[C@H](C1=O)[C@H](c1ccccc1)C=C[C@@H]2c1ccccc1)c1ccncc1. The Hall–Kier alpha value is -4.06. The molecule has 1 aromatic heterocycles. The number of carbonyl (C=O) groups is 3. The second-order valence-electron chi connectivity index (χ2n) is 8.00. The lowest BCUT2D eigenvalue weighted by Gasteiger charge is -2.32. The Kier molecular flexibility index (Phi) is 5.11. The number of imide groups is 1. The van der Waals surface area contributed by atoms with Gasteiger partial charge in [0.05, 0.1) is 11.8 Å². The minimum atomic E-state index is -0.599. The molecule has 4 atom stereocenters. The Labute approximate surface area is 185 Å². The highest BCUT2D eigenvalue weighted by Gasteiger charge is 2.55. The molecule has 3 amide bonds. The van der Waals surface area contributed by atoms with Gasteiger partial charge in [-0.15, -0.1) is 0 Å². The lowest BCUT2D eigenvalue weighted by molar-refractivity contribution is -0.142. The molecule has 6 nitrogen and oxygen atoms in total. The van der Waals surface area contributed by atoms with E-state index in [0.29, 0.717) is 5.56 Å². The highest BCUT2D eigenvalue weighted by molar-refractivity contribution is 6.09. The van der Waals surface area contributed by atoms with Gasteiger partial charge in [0.1, 0.15) is 0 Å². The smallest absolute Gasteiger partial charge is 0.270 e. The first-order valence-electron chi connectivity index (χ1n) is 10.5. The number of pyridine rings is 1. The number of fused-ring (bicyclic) bond motifs is 1. The van der Waals surface area contributed by atoms with Crippen LogP contribution < -0.4 is 5.43 Å². The average molecular weight is 423 g/mol. The molecule has 158 valence electrons. The normalized spacial score (nSPS) is 24.3.